The van der Waals surface area contributed by atoms with Gasteiger partial charge in [0, 0.05) is 11.1 Å². The third-order valence-corrected chi connectivity index (χ3v) is 4.76. The maximum atomic E-state index is 12.3. The molecule has 164 valence electrons. The fraction of sp³-hybridized carbons (Fsp3) is 0.120. The Labute approximate surface area is 191 Å². The van der Waals surface area contributed by atoms with Gasteiger partial charge in [0.1, 0.15) is 6.61 Å². The molecule has 0 fully saturated rings. The molecule has 0 bridgehead atoms. The van der Waals surface area contributed by atoms with Gasteiger partial charge in [-0.25, -0.2) is 4.79 Å². The van der Waals surface area contributed by atoms with Crippen LogP contribution in [0.1, 0.15) is 21.5 Å². The summed E-state index contributed by atoms with van der Waals surface area (Å²) in [7, 11) is 2.84. The van der Waals surface area contributed by atoms with Crippen LogP contribution in [-0.4, -0.2) is 26.1 Å². The van der Waals surface area contributed by atoms with Crippen LogP contribution < -0.4 is 14.8 Å². The smallest absolute Gasteiger partial charge is 0.339 e. The van der Waals surface area contributed by atoms with E-state index < -0.39 is 5.97 Å². The number of carbonyl (C=O) groups is 2. The molecule has 1 amide bonds. The molecule has 0 unspecified atom stereocenters. The number of benzene rings is 3. The highest BCUT2D eigenvalue weighted by Gasteiger charge is 2.12. The first-order chi connectivity index (χ1) is 15.5. The third kappa shape index (κ3) is 6.12. The lowest BCUT2D eigenvalue weighted by Crippen LogP contribution is -2.12. The molecule has 0 aromatic heterocycles. The number of amides is 1. The molecule has 32 heavy (non-hydrogen) atoms. The maximum absolute atomic E-state index is 12.3. The van der Waals surface area contributed by atoms with Crippen molar-refractivity contribution in [1.29, 1.82) is 0 Å². The van der Waals surface area contributed by atoms with Crippen LogP contribution in [-0.2, 0) is 16.1 Å². The SMILES string of the molecule is COC(=O)c1ccccc1NC(=O)/C=C/c1ccc(OCc2ccc(Cl)cc2)c(OC)c1. The quantitative estimate of drug-likeness (QED) is 0.368. The lowest BCUT2D eigenvalue weighted by atomic mass is 10.1. The van der Waals surface area contributed by atoms with Crippen molar-refractivity contribution in [3.05, 3.63) is 94.5 Å². The maximum Gasteiger partial charge on any atom is 0.339 e. The minimum atomic E-state index is -0.524. The summed E-state index contributed by atoms with van der Waals surface area (Å²) in [6.45, 7) is 0.366. The summed E-state index contributed by atoms with van der Waals surface area (Å²) in [5.41, 5.74) is 2.37. The average Bonchev–Trinajstić information content (AvgIpc) is 2.82. The molecule has 7 heteroatoms. The van der Waals surface area contributed by atoms with Gasteiger partial charge < -0.3 is 19.5 Å². The first-order valence-electron chi connectivity index (χ1n) is 9.72. The second-order valence-corrected chi connectivity index (χ2v) is 7.12. The minimum Gasteiger partial charge on any atom is -0.493 e. The monoisotopic (exact) mass is 451 g/mol. The lowest BCUT2D eigenvalue weighted by Gasteiger charge is -2.11. The number of esters is 1. The summed E-state index contributed by atoms with van der Waals surface area (Å²) >= 11 is 5.90. The van der Waals surface area contributed by atoms with Crippen LogP contribution in [0.5, 0.6) is 11.5 Å². The van der Waals surface area contributed by atoms with Crippen molar-refractivity contribution in [2.75, 3.05) is 19.5 Å². The molecule has 3 aromatic carbocycles. The number of halogens is 1. The second-order valence-electron chi connectivity index (χ2n) is 6.69. The first kappa shape index (κ1) is 22.9. The van der Waals surface area contributed by atoms with E-state index in [2.05, 4.69) is 5.32 Å². The number of nitrogens with one attached hydrogen (secondary N) is 1. The van der Waals surface area contributed by atoms with Crippen molar-refractivity contribution < 1.29 is 23.8 Å². The molecule has 0 atom stereocenters. The average molecular weight is 452 g/mol. The molecule has 0 radical (unpaired) electrons. The highest BCUT2D eigenvalue weighted by atomic mass is 35.5. The largest absolute Gasteiger partial charge is 0.493 e. The van der Waals surface area contributed by atoms with E-state index in [-0.39, 0.29) is 11.5 Å². The van der Waals surface area contributed by atoms with Crippen LogP contribution in [0.15, 0.2) is 72.8 Å². The number of ether oxygens (including phenoxy) is 3. The van der Waals surface area contributed by atoms with Gasteiger partial charge in [-0.1, -0.05) is 41.9 Å². The molecule has 0 spiro atoms. The van der Waals surface area contributed by atoms with E-state index in [1.54, 1.807) is 61.7 Å². The minimum absolute atomic E-state index is 0.278. The number of para-hydroxylation sites is 1. The Hall–Kier alpha value is -3.77. The standard InChI is InChI=1S/C25H22ClNO5/c1-30-23-15-17(9-13-22(23)32-16-18-7-11-19(26)12-8-18)10-14-24(28)27-21-6-4-3-5-20(21)25(29)31-2/h3-15H,16H2,1-2H3,(H,27,28)/b14-10+. The Balaban J connectivity index is 1.66. The number of anilines is 1. The summed E-state index contributed by atoms with van der Waals surface area (Å²) in [4.78, 5) is 24.2. The Morgan fingerprint density at radius 3 is 2.44 bits per heavy atom. The van der Waals surface area contributed by atoms with Crippen LogP contribution >= 0.6 is 11.6 Å². The Kier molecular flexibility index (Phi) is 7.89. The van der Waals surface area contributed by atoms with Crippen molar-refractivity contribution in [1.82, 2.24) is 0 Å². The van der Waals surface area contributed by atoms with E-state index in [4.69, 9.17) is 25.8 Å². The predicted molar refractivity (Wildman–Crippen MR) is 124 cm³/mol. The lowest BCUT2D eigenvalue weighted by molar-refractivity contribution is -0.111. The van der Waals surface area contributed by atoms with Crippen molar-refractivity contribution in [2.24, 2.45) is 0 Å². The molecule has 3 rings (SSSR count). The van der Waals surface area contributed by atoms with Crippen LogP contribution in [0, 0.1) is 0 Å². The summed E-state index contributed by atoms with van der Waals surface area (Å²) in [6.07, 6.45) is 3.01. The van der Waals surface area contributed by atoms with Gasteiger partial charge in [0.05, 0.1) is 25.5 Å². The second kappa shape index (κ2) is 11.0. The van der Waals surface area contributed by atoms with Gasteiger partial charge in [-0.15, -0.1) is 0 Å². The Bertz CT molecular complexity index is 1130. The number of rotatable bonds is 8. The summed E-state index contributed by atoms with van der Waals surface area (Å²) in [5.74, 6) is 0.209. The van der Waals surface area contributed by atoms with Crippen LogP contribution in [0.25, 0.3) is 6.08 Å². The molecule has 3 aromatic rings. The van der Waals surface area contributed by atoms with E-state index in [0.717, 1.165) is 11.1 Å². The molecule has 0 heterocycles. The first-order valence-corrected chi connectivity index (χ1v) is 10.1. The molecule has 0 saturated carbocycles. The van der Waals surface area contributed by atoms with Gasteiger partial charge in [0.15, 0.2) is 11.5 Å². The van der Waals surface area contributed by atoms with Crippen molar-refractivity contribution in [2.45, 2.75) is 6.61 Å². The number of carbonyl (C=O) groups excluding carboxylic acids is 2. The molecule has 0 aliphatic heterocycles. The fourth-order valence-corrected chi connectivity index (χ4v) is 3.00. The van der Waals surface area contributed by atoms with E-state index >= 15 is 0 Å². The van der Waals surface area contributed by atoms with E-state index in [0.29, 0.717) is 28.8 Å². The highest BCUT2D eigenvalue weighted by molar-refractivity contribution is 6.30. The Morgan fingerprint density at radius 1 is 0.969 bits per heavy atom. The topological polar surface area (TPSA) is 73.9 Å². The van der Waals surface area contributed by atoms with Crippen molar-refractivity contribution in [3.8, 4) is 11.5 Å². The van der Waals surface area contributed by atoms with Crippen molar-refractivity contribution >= 4 is 35.2 Å². The Morgan fingerprint density at radius 2 is 1.72 bits per heavy atom. The van der Waals surface area contributed by atoms with Gasteiger partial charge in [0.25, 0.3) is 0 Å². The molecular weight excluding hydrogens is 430 g/mol. The zero-order valence-electron chi connectivity index (χ0n) is 17.6. The zero-order chi connectivity index (χ0) is 22.9. The van der Waals surface area contributed by atoms with E-state index in [1.165, 1.54) is 13.2 Å². The molecule has 6 nitrogen and oxygen atoms in total. The van der Waals surface area contributed by atoms with Crippen LogP contribution in [0.4, 0.5) is 5.69 Å². The normalized spacial score (nSPS) is 10.6. The molecule has 0 saturated heterocycles. The van der Waals surface area contributed by atoms with E-state index in [1.807, 2.05) is 18.2 Å². The van der Waals surface area contributed by atoms with Crippen LogP contribution in [0.3, 0.4) is 0 Å². The summed E-state index contributed by atoms with van der Waals surface area (Å²) < 4.78 is 16.0. The molecule has 1 N–H and O–H groups in total. The molecule has 0 aliphatic rings. The predicted octanol–water partition coefficient (Wildman–Crippen LogP) is 5.37. The zero-order valence-corrected chi connectivity index (χ0v) is 18.4. The number of hydrogen-bond donors (Lipinski definition) is 1. The van der Waals surface area contributed by atoms with Crippen LogP contribution in [0.2, 0.25) is 5.02 Å². The van der Waals surface area contributed by atoms with E-state index in [9.17, 15) is 9.59 Å². The molecular formula is C25H22ClNO5. The van der Waals surface area contributed by atoms with Gasteiger partial charge in [-0.2, -0.15) is 0 Å². The highest BCUT2D eigenvalue weighted by Crippen LogP contribution is 2.29. The van der Waals surface area contributed by atoms with Crippen molar-refractivity contribution in [3.63, 3.8) is 0 Å². The third-order valence-electron chi connectivity index (χ3n) is 4.51. The number of hydrogen-bond acceptors (Lipinski definition) is 5. The van der Waals surface area contributed by atoms with Gasteiger partial charge in [-0.05, 0) is 53.6 Å². The molecule has 0 aliphatic carbocycles. The van der Waals surface area contributed by atoms with Gasteiger partial charge in [-0.3, -0.25) is 4.79 Å². The van der Waals surface area contributed by atoms with Gasteiger partial charge in [0.2, 0.25) is 5.91 Å². The summed E-state index contributed by atoms with van der Waals surface area (Å²) in [5, 5.41) is 3.35. The van der Waals surface area contributed by atoms with Gasteiger partial charge >= 0.3 is 5.97 Å². The number of methoxy groups -OCH3 is 2. The summed E-state index contributed by atoms with van der Waals surface area (Å²) in [6, 6.07) is 19.4. The fourth-order valence-electron chi connectivity index (χ4n) is 2.88.